The normalized spacial score (nSPS) is 10.4. The molecule has 23 heavy (non-hydrogen) atoms. The van der Waals surface area contributed by atoms with E-state index in [1.165, 1.54) is 5.56 Å². The molecule has 0 amide bonds. The van der Waals surface area contributed by atoms with Crippen LogP contribution >= 0.6 is 0 Å². The summed E-state index contributed by atoms with van der Waals surface area (Å²) < 4.78 is 1.87. The van der Waals surface area contributed by atoms with E-state index in [1.54, 1.807) is 0 Å². The maximum atomic E-state index is 9.25. The summed E-state index contributed by atoms with van der Waals surface area (Å²) in [4.78, 5) is 0. The van der Waals surface area contributed by atoms with Crippen molar-refractivity contribution in [1.29, 1.82) is 5.26 Å². The molecule has 0 aliphatic rings. The number of benzene rings is 2. The van der Waals surface area contributed by atoms with Gasteiger partial charge in [0.1, 0.15) is 6.07 Å². The van der Waals surface area contributed by atoms with E-state index in [1.807, 2.05) is 28.9 Å². The molecule has 3 aromatic rings. The SMILES string of the molecule is N#Cc1nnn(CCCc2ccccc2)c1Cc1ccccc1. The minimum Gasteiger partial charge on any atom is -0.248 e. The fraction of sp³-hybridized carbons (Fsp3) is 0.211. The number of aryl methyl sites for hydroxylation is 2. The Bertz CT molecular complexity index is 785. The van der Waals surface area contributed by atoms with Crippen molar-refractivity contribution < 1.29 is 0 Å². The van der Waals surface area contributed by atoms with E-state index in [4.69, 9.17) is 0 Å². The number of aromatic nitrogens is 3. The summed E-state index contributed by atoms with van der Waals surface area (Å²) in [7, 11) is 0. The minimum atomic E-state index is 0.425. The van der Waals surface area contributed by atoms with Crippen LogP contribution in [0.2, 0.25) is 0 Å². The van der Waals surface area contributed by atoms with Gasteiger partial charge in [-0.1, -0.05) is 65.9 Å². The highest BCUT2D eigenvalue weighted by Gasteiger charge is 2.12. The molecule has 0 bridgehead atoms. The first-order valence-electron chi connectivity index (χ1n) is 7.77. The standard InChI is InChI=1S/C19H18N4/c20-15-18-19(14-17-10-5-2-6-11-17)23(22-21-18)13-7-12-16-8-3-1-4-9-16/h1-6,8-11H,7,12-14H2. The van der Waals surface area contributed by atoms with Gasteiger partial charge in [-0.2, -0.15) is 5.26 Å². The topological polar surface area (TPSA) is 54.5 Å². The fourth-order valence-electron chi connectivity index (χ4n) is 2.64. The lowest BCUT2D eigenvalue weighted by Crippen LogP contribution is -2.07. The van der Waals surface area contributed by atoms with Crippen LogP contribution in [0.1, 0.15) is 28.9 Å². The molecule has 0 spiro atoms. The van der Waals surface area contributed by atoms with Crippen molar-refractivity contribution in [2.45, 2.75) is 25.8 Å². The molecule has 0 N–H and O–H groups in total. The van der Waals surface area contributed by atoms with Crippen LogP contribution in [-0.2, 0) is 19.4 Å². The molecule has 0 saturated heterocycles. The molecule has 1 aromatic heterocycles. The molecule has 1 heterocycles. The summed E-state index contributed by atoms with van der Waals surface area (Å²) in [6.45, 7) is 0.770. The molecular formula is C19H18N4. The van der Waals surface area contributed by atoms with Crippen LogP contribution in [0.3, 0.4) is 0 Å². The van der Waals surface area contributed by atoms with Crippen LogP contribution in [0.4, 0.5) is 0 Å². The highest BCUT2D eigenvalue weighted by atomic mass is 15.4. The van der Waals surface area contributed by atoms with Crippen LogP contribution < -0.4 is 0 Å². The number of rotatable bonds is 6. The Morgan fingerprint density at radius 2 is 1.57 bits per heavy atom. The van der Waals surface area contributed by atoms with Crippen LogP contribution in [0.5, 0.6) is 0 Å². The number of nitriles is 1. The molecule has 3 rings (SSSR count). The first kappa shape index (κ1) is 15.0. The molecular weight excluding hydrogens is 284 g/mol. The Kier molecular flexibility index (Phi) is 4.80. The van der Waals surface area contributed by atoms with Crippen LogP contribution in [-0.4, -0.2) is 15.0 Å². The van der Waals surface area contributed by atoms with Gasteiger partial charge in [0.2, 0.25) is 0 Å². The van der Waals surface area contributed by atoms with E-state index >= 15 is 0 Å². The lowest BCUT2D eigenvalue weighted by atomic mass is 10.1. The van der Waals surface area contributed by atoms with Crippen LogP contribution in [0.25, 0.3) is 0 Å². The summed E-state index contributed by atoms with van der Waals surface area (Å²) in [5.41, 5.74) is 3.80. The summed E-state index contributed by atoms with van der Waals surface area (Å²) >= 11 is 0. The van der Waals surface area contributed by atoms with Gasteiger partial charge in [-0.15, -0.1) is 5.10 Å². The molecule has 0 atom stereocenters. The zero-order valence-corrected chi connectivity index (χ0v) is 12.9. The molecule has 4 heteroatoms. The van der Waals surface area contributed by atoms with Gasteiger partial charge in [-0.25, -0.2) is 4.68 Å². The van der Waals surface area contributed by atoms with Gasteiger partial charge < -0.3 is 0 Å². The highest BCUT2D eigenvalue weighted by Crippen LogP contribution is 2.13. The Morgan fingerprint density at radius 3 is 2.22 bits per heavy atom. The minimum absolute atomic E-state index is 0.425. The van der Waals surface area contributed by atoms with Gasteiger partial charge in [0.15, 0.2) is 5.69 Å². The first-order chi connectivity index (χ1) is 11.4. The maximum Gasteiger partial charge on any atom is 0.186 e. The zero-order valence-electron chi connectivity index (χ0n) is 12.9. The summed E-state index contributed by atoms with van der Waals surface area (Å²) in [6.07, 6.45) is 2.65. The van der Waals surface area contributed by atoms with Crippen molar-refractivity contribution >= 4 is 0 Å². The number of hydrogen-bond acceptors (Lipinski definition) is 3. The molecule has 0 unspecified atom stereocenters. The molecule has 0 aliphatic heterocycles. The van der Waals surface area contributed by atoms with E-state index in [2.05, 4.69) is 52.8 Å². The molecule has 0 radical (unpaired) electrons. The second kappa shape index (κ2) is 7.37. The molecule has 2 aromatic carbocycles. The third-order valence-electron chi connectivity index (χ3n) is 3.84. The largest absolute Gasteiger partial charge is 0.248 e. The number of hydrogen-bond donors (Lipinski definition) is 0. The van der Waals surface area contributed by atoms with Gasteiger partial charge in [0.05, 0.1) is 5.69 Å². The third kappa shape index (κ3) is 3.83. The predicted octanol–water partition coefficient (Wildman–Crippen LogP) is 3.37. The third-order valence-corrected chi connectivity index (χ3v) is 3.84. The van der Waals surface area contributed by atoms with E-state index in [-0.39, 0.29) is 0 Å². The summed E-state index contributed by atoms with van der Waals surface area (Å²) in [5, 5.41) is 17.4. The quantitative estimate of drug-likeness (QED) is 0.701. The van der Waals surface area contributed by atoms with Crippen molar-refractivity contribution in [2.75, 3.05) is 0 Å². The molecule has 4 nitrogen and oxygen atoms in total. The van der Waals surface area contributed by atoms with E-state index in [0.717, 1.165) is 30.6 Å². The number of nitrogens with zero attached hydrogens (tertiary/aromatic N) is 4. The van der Waals surface area contributed by atoms with Crippen molar-refractivity contribution in [2.24, 2.45) is 0 Å². The van der Waals surface area contributed by atoms with Crippen LogP contribution in [0.15, 0.2) is 60.7 Å². The second-order valence-electron chi connectivity index (χ2n) is 5.47. The van der Waals surface area contributed by atoms with Crippen molar-refractivity contribution in [1.82, 2.24) is 15.0 Å². The van der Waals surface area contributed by atoms with E-state index < -0.39 is 0 Å². The molecule has 0 saturated carbocycles. The van der Waals surface area contributed by atoms with Crippen molar-refractivity contribution in [3.05, 3.63) is 83.2 Å². The zero-order chi connectivity index (χ0) is 15.9. The summed E-state index contributed by atoms with van der Waals surface area (Å²) in [6, 6.07) is 22.7. The average molecular weight is 302 g/mol. The van der Waals surface area contributed by atoms with E-state index in [9.17, 15) is 5.26 Å². The van der Waals surface area contributed by atoms with Gasteiger partial charge in [0.25, 0.3) is 0 Å². The Hall–Kier alpha value is -2.93. The maximum absolute atomic E-state index is 9.25. The summed E-state index contributed by atoms with van der Waals surface area (Å²) in [5.74, 6) is 0. The molecule has 114 valence electrons. The Balaban J connectivity index is 1.70. The van der Waals surface area contributed by atoms with Crippen molar-refractivity contribution in [3.63, 3.8) is 0 Å². The lowest BCUT2D eigenvalue weighted by molar-refractivity contribution is 0.542. The first-order valence-corrected chi connectivity index (χ1v) is 7.77. The van der Waals surface area contributed by atoms with Gasteiger partial charge in [-0.3, -0.25) is 0 Å². The van der Waals surface area contributed by atoms with Crippen LogP contribution in [0, 0.1) is 11.3 Å². The van der Waals surface area contributed by atoms with Gasteiger partial charge in [-0.05, 0) is 24.0 Å². The van der Waals surface area contributed by atoms with E-state index in [0.29, 0.717) is 12.1 Å². The predicted molar refractivity (Wildman–Crippen MR) is 88.7 cm³/mol. The fourth-order valence-corrected chi connectivity index (χ4v) is 2.64. The monoisotopic (exact) mass is 302 g/mol. The highest BCUT2D eigenvalue weighted by molar-refractivity contribution is 5.30. The molecule has 0 aliphatic carbocycles. The van der Waals surface area contributed by atoms with Crippen molar-refractivity contribution in [3.8, 4) is 6.07 Å². The smallest absolute Gasteiger partial charge is 0.186 e. The average Bonchev–Trinajstić information content (AvgIpc) is 2.99. The Morgan fingerprint density at radius 1 is 0.913 bits per heavy atom. The van der Waals surface area contributed by atoms with Gasteiger partial charge in [0, 0.05) is 13.0 Å². The second-order valence-corrected chi connectivity index (χ2v) is 5.47. The van der Waals surface area contributed by atoms with Gasteiger partial charge >= 0.3 is 0 Å². The lowest BCUT2D eigenvalue weighted by Gasteiger charge is -2.07. The Labute approximate surface area is 136 Å². The molecule has 0 fully saturated rings.